The molecular formula is C25H27FN6O3S. The highest BCUT2D eigenvalue weighted by Gasteiger charge is 2.32. The Hall–Kier alpha value is -3.31. The summed E-state index contributed by atoms with van der Waals surface area (Å²) in [5.74, 6) is 0.464. The molecule has 9 nitrogen and oxygen atoms in total. The first-order valence-corrected chi connectivity index (χ1v) is 12.8. The van der Waals surface area contributed by atoms with Gasteiger partial charge in [-0.3, -0.25) is 14.6 Å². The largest absolute Gasteiger partial charge is 0.481 e. The van der Waals surface area contributed by atoms with Crippen LogP contribution >= 0.6 is 11.8 Å². The van der Waals surface area contributed by atoms with Gasteiger partial charge in [-0.05, 0) is 44.4 Å². The number of pyridine rings is 3. The molecule has 5 heterocycles. The van der Waals surface area contributed by atoms with E-state index in [0.717, 1.165) is 30.8 Å². The third-order valence-electron chi connectivity index (χ3n) is 6.71. The van der Waals surface area contributed by atoms with Crippen LogP contribution in [0.5, 0.6) is 5.88 Å². The average Bonchev–Trinajstić information content (AvgIpc) is 2.88. The minimum atomic E-state index is -0.382. The van der Waals surface area contributed by atoms with Crippen LogP contribution in [0.1, 0.15) is 35.8 Å². The Labute approximate surface area is 212 Å². The van der Waals surface area contributed by atoms with Gasteiger partial charge in [-0.2, -0.15) is 0 Å². The molecule has 0 atom stereocenters. The smallest absolute Gasteiger partial charge is 0.270 e. The number of anilines is 1. The first-order valence-electron chi connectivity index (χ1n) is 11.8. The van der Waals surface area contributed by atoms with Crippen LogP contribution in [0.3, 0.4) is 0 Å². The van der Waals surface area contributed by atoms with Crippen LogP contribution in [-0.4, -0.2) is 69.7 Å². The summed E-state index contributed by atoms with van der Waals surface area (Å²) in [6.07, 6.45) is 3.24. The number of carbonyl (C=O) groups is 2. The highest BCUT2D eigenvalue weighted by atomic mass is 32.2. The number of halogens is 1. The van der Waals surface area contributed by atoms with Crippen molar-refractivity contribution in [2.45, 2.75) is 36.6 Å². The molecule has 0 spiro atoms. The van der Waals surface area contributed by atoms with E-state index in [2.05, 4.69) is 30.5 Å². The number of rotatable bonds is 6. The Morgan fingerprint density at radius 1 is 1.25 bits per heavy atom. The molecule has 5 rings (SSSR count). The number of hydrogen-bond acceptors (Lipinski definition) is 8. The van der Waals surface area contributed by atoms with Crippen molar-refractivity contribution in [1.82, 2.24) is 25.2 Å². The highest BCUT2D eigenvalue weighted by molar-refractivity contribution is 8.00. The summed E-state index contributed by atoms with van der Waals surface area (Å²) in [6, 6.07) is 7.00. The Balaban J connectivity index is 1.19. The van der Waals surface area contributed by atoms with Gasteiger partial charge in [0.15, 0.2) is 0 Å². The van der Waals surface area contributed by atoms with Gasteiger partial charge in [0, 0.05) is 36.8 Å². The molecule has 0 unspecified atom stereocenters. The molecule has 1 saturated heterocycles. The first-order chi connectivity index (χ1) is 17.3. The van der Waals surface area contributed by atoms with Gasteiger partial charge in [-0.25, -0.2) is 14.4 Å². The van der Waals surface area contributed by atoms with E-state index in [9.17, 15) is 14.0 Å². The van der Waals surface area contributed by atoms with Crippen molar-refractivity contribution in [1.29, 1.82) is 0 Å². The zero-order valence-corrected chi connectivity index (χ0v) is 21.0. The molecule has 0 radical (unpaired) electrons. The summed E-state index contributed by atoms with van der Waals surface area (Å²) in [6.45, 7) is 4.23. The van der Waals surface area contributed by atoms with Crippen molar-refractivity contribution in [3.8, 4) is 5.88 Å². The third-order valence-corrected chi connectivity index (χ3v) is 7.76. The molecule has 0 bridgehead atoms. The number of ether oxygens (including phenoxy) is 1. The minimum Gasteiger partial charge on any atom is -0.481 e. The maximum Gasteiger partial charge on any atom is 0.270 e. The van der Waals surface area contributed by atoms with Crippen molar-refractivity contribution in [2.24, 2.45) is 0 Å². The van der Waals surface area contributed by atoms with Crippen LogP contribution in [0.25, 0.3) is 11.0 Å². The number of thioether (sulfide) groups is 1. The third kappa shape index (κ3) is 5.12. The number of methoxy groups -OCH3 is 1. The van der Waals surface area contributed by atoms with Crippen LogP contribution in [0.15, 0.2) is 35.4 Å². The summed E-state index contributed by atoms with van der Waals surface area (Å²) < 4.78 is 19.8. The summed E-state index contributed by atoms with van der Waals surface area (Å²) in [5, 5.41) is 5.85. The summed E-state index contributed by atoms with van der Waals surface area (Å²) in [7, 11) is 1.53. The average molecular weight is 511 g/mol. The number of fused-ring (bicyclic) bond motifs is 2. The lowest BCUT2D eigenvalue weighted by molar-refractivity contribution is -0.113. The number of carbonyl (C=O) groups excluding carboxylic acids is 2. The summed E-state index contributed by atoms with van der Waals surface area (Å²) in [5.41, 5.74) is 1.59. The Morgan fingerprint density at radius 3 is 2.83 bits per heavy atom. The number of nitrogens with zero attached hydrogens (tertiary/aromatic N) is 4. The summed E-state index contributed by atoms with van der Waals surface area (Å²) >= 11 is 1.41. The Morgan fingerprint density at radius 2 is 2.06 bits per heavy atom. The predicted octanol–water partition coefficient (Wildman–Crippen LogP) is 3.04. The molecule has 188 valence electrons. The highest BCUT2D eigenvalue weighted by Crippen LogP contribution is 2.30. The van der Waals surface area contributed by atoms with Gasteiger partial charge in [0.1, 0.15) is 17.3 Å². The summed E-state index contributed by atoms with van der Waals surface area (Å²) in [4.78, 5) is 40.6. The fraction of sp³-hybridized carbons (Fsp3) is 0.400. The predicted molar refractivity (Wildman–Crippen MR) is 135 cm³/mol. The second-order valence-electron chi connectivity index (χ2n) is 9.29. The van der Waals surface area contributed by atoms with E-state index in [4.69, 9.17) is 4.74 Å². The fourth-order valence-corrected chi connectivity index (χ4v) is 5.28. The lowest BCUT2D eigenvalue weighted by Gasteiger charge is -2.40. The van der Waals surface area contributed by atoms with Crippen LogP contribution in [0.2, 0.25) is 0 Å². The zero-order chi connectivity index (χ0) is 25.3. The van der Waals surface area contributed by atoms with Gasteiger partial charge in [-0.15, -0.1) is 11.8 Å². The van der Waals surface area contributed by atoms with E-state index < -0.39 is 0 Å². The second kappa shape index (κ2) is 9.98. The lowest BCUT2D eigenvalue weighted by atomic mass is 9.89. The number of likely N-dealkylation sites (tertiary alicyclic amines) is 1. The van der Waals surface area contributed by atoms with Crippen LogP contribution in [0, 0.1) is 5.82 Å². The Kier molecular flexibility index (Phi) is 6.76. The molecule has 3 aromatic heterocycles. The van der Waals surface area contributed by atoms with Gasteiger partial charge in [0.25, 0.3) is 5.91 Å². The number of aromatic nitrogens is 3. The van der Waals surface area contributed by atoms with Crippen LogP contribution in [0.4, 0.5) is 10.2 Å². The molecular weight excluding hydrogens is 483 g/mol. The van der Waals surface area contributed by atoms with E-state index in [0.29, 0.717) is 47.0 Å². The number of piperidine rings is 1. The number of amides is 2. The van der Waals surface area contributed by atoms with Crippen LogP contribution in [-0.2, 0) is 11.2 Å². The van der Waals surface area contributed by atoms with E-state index in [1.54, 1.807) is 18.2 Å². The van der Waals surface area contributed by atoms with Crippen LogP contribution < -0.4 is 15.4 Å². The molecule has 0 aliphatic carbocycles. The molecule has 0 aromatic carbocycles. The standard InChI is InChI=1S/C25H27FN6O3S/c1-25(31-24(34)18-3-5-19-23(28-18)29-20(33)14-36-19)8-11-32(12-9-25)10-7-15-16(26)13-27-17-4-6-21(35-2)30-22(15)17/h3-6,13H,7-12,14H2,1-2H3,(H,31,34)(H,28,29,33). The van der Waals surface area contributed by atoms with E-state index in [1.165, 1.54) is 25.1 Å². The van der Waals surface area contributed by atoms with Crippen molar-refractivity contribution in [2.75, 3.05) is 37.8 Å². The van der Waals surface area contributed by atoms with E-state index >= 15 is 0 Å². The molecule has 11 heteroatoms. The lowest BCUT2D eigenvalue weighted by Crippen LogP contribution is -2.53. The van der Waals surface area contributed by atoms with Gasteiger partial charge < -0.3 is 20.3 Å². The van der Waals surface area contributed by atoms with Gasteiger partial charge in [0.05, 0.1) is 35.0 Å². The normalized spacial score (nSPS) is 17.4. The van der Waals surface area contributed by atoms with Crippen molar-refractivity contribution < 1.29 is 18.7 Å². The maximum absolute atomic E-state index is 14.6. The molecule has 3 aromatic rings. The zero-order valence-electron chi connectivity index (χ0n) is 20.1. The number of nitrogens with one attached hydrogen (secondary N) is 2. The van der Waals surface area contributed by atoms with Crippen molar-refractivity contribution in [3.05, 3.63) is 47.5 Å². The second-order valence-corrected chi connectivity index (χ2v) is 10.3. The molecule has 2 aliphatic heterocycles. The molecule has 36 heavy (non-hydrogen) atoms. The maximum atomic E-state index is 14.6. The minimum absolute atomic E-state index is 0.119. The fourth-order valence-electron chi connectivity index (χ4n) is 4.52. The quantitative estimate of drug-likeness (QED) is 0.521. The molecule has 0 saturated carbocycles. The van der Waals surface area contributed by atoms with Crippen molar-refractivity contribution in [3.63, 3.8) is 0 Å². The molecule has 2 amide bonds. The van der Waals surface area contributed by atoms with Crippen molar-refractivity contribution >= 4 is 40.4 Å². The van der Waals surface area contributed by atoms with Gasteiger partial charge in [0.2, 0.25) is 11.8 Å². The van der Waals surface area contributed by atoms with E-state index in [1.807, 2.05) is 13.0 Å². The van der Waals surface area contributed by atoms with Gasteiger partial charge >= 0.3 is 0 Å². The SMILES string of the molecule is COc1ccc2ncc(F)c(CCN3CCC(C)(NC(=O)c4ccc5c(n4)NC(=O)CS5)CC3)c2n1. The number of hydrogen-bond donors (Lipinski definition) is 2. The Bertz CT molecular complexity index is 1330. The van der Waals surface area contributed by atoms with E-state index in [-0.39, 0.29) is 28.9 Å². The topological polar surface area (TPSA) is 109 Å². The molecule has 1 fully saturated rings. The monoisotopic (exact) mass is 510 g/mol. The molecule has 2 N–H and O–H groups in total. The molecule has 2 aliphatic rings. The van der Waals surface area contributed by atoms with Gasteiger partial charge in [-0.1, -0.05) is 0 Å². The first kappa shape index (κ1) is 24.4.